The van der Waals surface area contributed by atoms with E-state index in [1.54, 1.807) is 37.4 Å². The summed E-state index contributed by atoms with van der Waals surface area (Å²) >= 11 is 7.53. The molecule has 2 aromatic carbocycles. The molecule has 0 unspecified atom stereocenters. The van der Waals surface area contributed by atoms with Gasteiger partial charge < -0.3 is 19.9 Å². The van der Waals surface area contributed by atoms with Crippen LogP contribution in [-0.4, -0.2) is 49.2 Å². The number of hydrogen-bond acceptors (Lipinski definition) is 7. The molecular weight excluding hydrogens is 489 g/mol. The van der Waals surface area contributed by atoms with Gasteiger partial charge in [-0.2, -0.15) is 0 Å². The molecule has 0 atom stereocenters. The van der Waals surface area contributed by atoms with Gasteiger partial charge in [-0.15, -0.1) is 11.3 Å². The number of carbonyl (C=O) groups is 1. The van der Waals surface area contributed by atoms with Crippen molar-refractivity contribution in [2.75, 3.05) is 48.4 Å². The quantitative estimate of drug-likeness (QED) is 0.388. The van der Waals surface area contributed by atoms with Gasteiger partial charge in [0.15, 0.2) is 0 Å². The Balaban J connectivity index is 1.38. The molecule has 3 heterocycles. The van der Waals surface area contributed by atoms with E-state index in [0.717, 1.165) is 21.6 Å². The van der Waals surface area contributed by atoms with Gasteiger partial charge in [-0.25, -0.2) is 14.4 Å². The molecule has 10 heteroatoms. The second kappa shape index (κ2) is 9.67. The number of nitrogens with one attached hydrogen (secondary N) is 1. The van der Waals surface area contributed by atoms with Crippen LogP contribution in [-0.2, 0) is 0 Å². The van der Waals surface area contributed by atoms with Gasteiger partial charge in [-0.1, -0.05) is 23.7 Å². The van der Waals surface area contributed by atoms with Gasteiger partial charge in [-0.3, -0.25) is 4.79 Å². The minimum atomic E-state index is -0.234. The lowest BCUT2D eigenvalue weighted by Crippen LogP contribution is -2.47. The van der Waals surface area contributed by atoms with Gasteiger partial charge in [0.25, 0.3) is 5.91 Å². The number of fused-ring (bicyclic) bond motifs is 1. The van der Waals surface area contributed by atoms with Crippen molar-refractivity contribution in [1.82, 2.24) is 9.97 Å². The fraction of sp³-hybridized carbons (Fsp3) is 0.240. The number of aromatic nitrogens is 2. The van der Waals surface area contributed by atoms with Crippen molar-refractivity contribution in [2.45, 2.75) is 6.92 Å². The predicted molar refractivity (Wildman–Crippen MR) is 139 cm³/mol. The number of para-hydroxylation sites is 1. The summed E-state index contributed by atoms with van der Waals surface area (Å²) in [6.07, 6.45) is 1.53. The number of anilines is 3. The maximum atomic E-state index is 14.2. The largest absolute Gasteiger partial charge is 0.495 e. The lowest BCUT2D eigenvalue weighted by molar-refractivity contribution is 0.103. The van der Waals surface area contributed by atoms with E-state index in [9.17, 15) is 9.18 Å². The van der Waals surface area contributed by atoms with Gasteiger partial charge in [0.2, 0.25) is 0 Å². The highest BCUT2D eigenvalue weighted by molar-refractivity contribution is 7.20. The van der Waals surface area contributed by atoms with Crippen molar-refractivity contribution < 1.29 is 13.9 Å². The average molecular weight is 512 g/mol. The molecule has 1 amide bonds. The van der Waals surface area contributed by atoms with Gasteiger partial charge in [-0.05, 0) is 42.8 Å². The van der Waals surface area contributed by atoms with Crippen molar-refractivity contribution in [1.29, 1.82) is 0 Å². The Morgan fingerprint density at radius 2 is 1.86 bits per heavy atom. The number of nitrogens with zero attached hydrogens (tertiary/aromatic N) is 4. The first-order valence-electron chi connectivity index (χ1n) is 11.1. The van der Waals surface area contributed by atoms with Crippen LogP contribution in [0, 0.1) is 12.7 Å². The molecule has 0 spiro atoms. The first-order valence-corrected chi connectivity index (χ1v) is 12.3. The summed E-state index contributed by atoms with van der Waals surface area (Å²) in [7, 11) is 1.54. The summed E-state index contributed by atoms with van der Waals surface area (Å²) < 4.78 is 19.4. The third-order valence-electron chi connectivity index (χ3n) is 6.10. The Morgan fingerprint density at radius 1 is 1.11 bits per heavy atom. The highest BCUT2D eigenvalue weighted by Crippen LogP contribution is 2.36. The van der Waals surface area contributed by atoms with Crippen molar-refractivity contribution in [2.24, 2.45) is 0 Å². The summed E-state index contributed by atoms with van der Waals surface area (Å²) in [6, 6.07) is 11.9. The molecule has 2 aromatic heterocycles. The SMILES string of the molecule is COc1ccc(NC(=O)c2sc3ncnc(N4CCN(c5ccccc5F)CC4)c3c2C)cc1Cl. The first-order chi connectivity index (χ1) is 17.0. The second-order valence-corrected chi connectivity index (χ2v) is 9.57. The Labute approximate surface area is 211 Å². The lowest BCUT2D eigenvalue weighted by Gasteiger charge is -2.37. The molecule has 1 aliphatic heterocycles. The smallest absolute Gasteiger partial charge is 0.266 e. The van der Waals surface area contributed by atoms with E-state index in [1.165, 1.54) is 23.7 Å². The molecule has 1 N–H and O–H groups in total. The zero-order valence-electron chi connectivity index (χ0n) is 19.2. The zero-order chi connectivity index (χ0) is 24.5. The topological polar surface area (TPSA) is 70.6 Å². The highest BCUT2D eigenvalue weighted by Gasteiger charge is 2.25. The van der Waals surface area contributed by atoms with Crippen molar-refractivity contribution in [3.63, 3.8) is 0 Å². The molecule has 0 radical (unpaired) electrons. The third kappa shape index (κ3) is 4.49. The van der Waals surface area contributed by atoms with Crippen LogP contribution in [0.4, 0.5) is 21.6 Å². The van der Waals surface area contributed by atoms with Crippen LogP contribution in [0.25, 0.3) is 10.2 Å². The van der Waals surface area contributed by atoms with Gasteiger partial charge in [0, 0.05) is 31.9 Å². The molecule has 180 valence electrons. The normalized spacial score (nSPS) is 13.8. The van der Waals surface area contributed by atoms with E-state index >= 15 is 0 Å². The summed E-state index contributed by atoms with van der Waals surface area (Å²) in [6.45, 7) is 4.61. The minimum Gasteiger partial charge on any atom is -0.495 e. The molecule has 0 bridgehead atoms. The number of methoxy groups -OCH3 is 1. The lowest BCUT2D eigenvalue weighted by atomic mass is 10.1. The molecule has 1 saturated heterocycles. The summed E-state index contributed by atoms with van der Waals surface area (Å²) in [5, 5.41) is 4.20. The van der Waals surface area contributed by atoms with Crippen LogP contribution in [0.2, 0.25) is 5.02 Å². The zero-order valence-corrected chi connectivity index (χ0v) is 20.8. The molecule has 5 rings (SSSR count). The maximum absolute atomic E-state index is 14.2. The number of amides is 1. The number of carbonyl (C=O) groups excluding carboxylic acids is 1. The summed E-state index contributed by atoms with van der Waals surface area (Å²) in [4.78, 5) is 27.6. The highest BCUT2D eigenvalue weighted by atomic mass is 35.5. The second-order valence-electron chi connectivity index (χ2n) is 8.16. The van der Waals surface area contributed by atoms with Gasteiger partial charge in [0.05, 0.1) is 28.1 Å². The number of rotatable bonds is 5. The molecule has 7 nitrogen and oxygen atoms in total. The van der Waals surface area contributed by atoms with E-state index in [4.69, 9.17) is 16.3 Å². The van der Waals surface area contributed by atoms with Crippen LogP contribution in [0.15, 0.2) is 48.8 Å². The Hall–Kier alpha value is -3.43. The molecule has 4 aromatic rings. The minimum absolute atomic E-state index is 0.215. The van der Waals surface area contributed by atoms with Crippen LogP contribution >= 0.6 is 22.9 Å². The van der Waals surface area contributed by atoms with Crippen LogP contribution < -0.4 is 19.9 Å². The van der Waals surface area contributed by atoms with E-state index in [0.29, 0.717) is 53.2 Å². The number of hydrogen-bond donors (Lipinski definition) is 1. The number of piperazine rings is 1. The van der Waals surface area contributed by atoms with Crippen LogP contribution in [0.3, 0.4) is 0 Å². The van der Waals surface area contributed by atoms with E-state index in [1.807, 2.05) is 17.9 Å². The number of halogens is 2. The van der Waals surface area contributed by atoms with Crippen molar-refractivity contribution >= 4 is 56.3 Å². The Bertz CT molecular complexity index is 1400. The third-order valence-corrected chi connectivity index (χ3v) is 7.59. The maximum Gasteiger partial charge on any atom is 0.266 e. The standard InChI is InChI=1S/C25H23ClFN5O2S/c1-15-21-23(32-11-9-31(10-12-32)19-6-4-3-5-18(19)27)28-14-29-25(21)35-22(15)24(33)30-16-7-8-20(34-2)17(26)13-16/h3-8,13-14H,9-12H2,1-2H3,(H,30,33). The number of thiophene rings is 1. The summed E-state index contributed by atoms with van der Waals surface area (Å²) in [5.41, 5.74) is 2.02. The van der Waals surface area contributed by atoms with Crippen molar-refractivity contribution in [3.8, 4) is 5.75 Å². The molecule has 0 saturated carbocycles. The van der Waals surface area contributed by atoms with E-state index < -0.39 is 0 Å². The van der Waals surface area contributed by atoms with Crippen molar-refractivity contribution in [3.05, 3.63) is 70.1 Å². The molecule has 0 aliphatic carbocycles. The Morgan fingerprint density at radius 3 is 2.57 bits per heavy atom. The fourth-order valence-electron chi connectivity index (χ4n) is 4.31. The Kier molecular flexibility index (Phi) is 6.44. The molecule has 35 heavy (non-hydrogen) atoms. The number of benzene rings is 2. The monoisotopic (exact) mass is 511 g/mol. The van der Waals surface area contributed by atoms with Crippen LogP contribution in [0.5, 0.6) is 5.75 Å². The molecule has 1 fully saturated rings. The van der Waals surface area contributed by atoms with E-state index in [2.05, 4.69) is 20.2 Å². The van der Waals surface area contributed by atoms with Gasteiger partial charge in [0.1, 0.15) is 28.5 Å². The van der Waals surface area contributed by atoms with Crippen LogP contribution in [0.1, 0.15) is 15.2 Å². The average Bonchev–Trinajstić information content (AvgIpc) is 3.21. The summed E-state index contributed by atoms with van der Waals surface area (Å²) in [5.74, 6) is 0.885. The van der Waals surface area contributed by atoms with E-state index in [-0.39, 0.29) is 11.7 Å². The predicted octanol–water partition coefficient (Wildman–Crippen LogP) is 5.38. The molecular formula is C25H23ClFN5O2S. The first kappa shape index (κ1) is 23.3. The number of ether oxygens (including phenoxy) is 1. The fourth-order valence-corrected chi connectivity index (χ4v) is 5.60. The number of aryl methyl sites for hydroxylation is 1. The molecule has 1 aliphatic rings. The van der Waals surface area contributed by atoms with Gasteiger partial charge >= 0.3 is 0 Å².